The van der Waals surface area contributed by atoms with Crippen molar-refractivity contribution in [1.82, 2.24) is 30.1 Å². The van der Waals surface area contributed by atoms with Crippen molar-refractivity contribution in [3.63, 3.8) is 0 Å². The van der Waals surface area contributed by atoms with Crippen molar-refractivity contribution in [2.45, 2.75) is 109 Å². The van der Waals surface area contributed by atoms with Crippen LogP contribution in [0.2, 0.25) is 0 Å². The molecule has 236 valence electrons. The summed E-state index contributed by atoms with van der Waals surface area (Å²) in [5.41, 5.74) is 0.625. The monoisotopic (exact) mass is 609 g/mol. The zero-order valence-corrected chi connectivity index (χ0v) is 26.7. The third-order valence-corrected chi connectivity index (χ3v) is 7.50. The highest BCUT2D eigenvalue weighted by atomic mass is 32.1. The molecule has 13 nitrogen and oxygen atoms in total. The van der Waals surface area contributed by atoms with Crippen LogP contribution in [0.5, 0.6) is 0 Å². The van der Waals surface area contributed by atoms with Gasteiger partial charge in [0.2, 0.25) is 5.91 Å². The van der Waals surface area contributed by atoms with E-state index in [1.54, 1.807) is 20.0 Å². The van der Waals surface area contributed by atoms with Crippen molar-refractivity contribution in [3.8, 4) is 0 Å². The molecule has 0 saturated carbocycles. The highest BCUT2D eigenvalue weighted by Crippen LogP contribution is 2.24. The molecule has 0 radical (unpaired) electrons. The van der Waals surface area contributed by atoms with Crippen LogP contribution in [0, 0.1) is 6.92 Å². The zero-order chi connectivity index (χ0) is 31.7. The molecule has 0 bridgehead atoms. The number of rotatable bonds is 17. The average Bonchev–Trinajstić information content (AvgIpc) is 3.30. The Kier molecular flexibility index (Phi) is 13.0. The van der Waals surface area contributed by atoms with Gasteiger partial charge in [-0.15, -0.1) is 12.6 Å². The molecule has 1 amide bonds. The van der Waals surface area contributed by atoms with E-state index in [4.69, 9.17) is 4.63 Å². The van der Waals surface area contributed by atoms with Gasteiger partial charge >= 0.3 is 5.97 Å². The van der Waals surface area contributed by atoms with Crippen LogP contribution in [0.3, 0.4) is 0 Å². The minimum Gasteiger partial charge on any atom is -0.481 e. The minimum atomic E-state index is -1.85. The first-order valence-electron chi connectivity index (χ1n) is 14.4. The first-order valence-corrected chi connectivity index (χ1v) is 14.9. The van der Waals surface area contributed by atoms with Gasteiger partial charge in [0.15, 0.2) is 5.82 Å². The maximum absolute atomic E-state index is 13.7. The third kappa shape index (κ3) is 10.1. The fraction of sp³-hybridized carbons (Fsp3) is 0.714. The van der Waals surface area contributed by atoms with Crippen molar-refractivity contribution in [2.24, 2.45) is 0 Å². The zero-order valence-electron chi connectivity index (χ0n) is 25.8. The van der Waals surface area contributed by atoms with Gasteiger partial charge in [-0.2, -0.15) is 0 Å². The molecule has 2 rings (SSSR count). The number of hydrogen-bond donors (Lipinski definition) is 5. The van der Waals surface area contributed by atoms with Crippen LogP contribution in [0.15, 0.2) is 15.6 Å². The van der Waals surface area contributed by atoms with Crippen LogP contribution in [0.1, 0.15) is 96.3 Å². The molecule has 2 aromatic rings. The minimum absolute atomic E-state index is 0.0218. The molecule has 0 aliphatic rings. The van der Waals surface area contributed by atoms with E-state index in [2.05, 4.69) is 45.5 Å². The maximum Gasteiger partial charge on any atom is 0.305 e. The normalized spacial score (nSPS) is 14.8. The van der Waals surface area contributed by atoms with Crippen LogP contribution >= 0.6 is 12.6 Å². The number of carboxylic acid groups (broad SMARTS) is 1. The summed E-state index contributed by atoms with van der Waals surface area (Å²) in [5.74, 6) is -1.79. The average molecular weight is 610 g/mol. The number of hydrogen-bond acceptors (Lipinski definition) is 11. The lowest BCUT2D eigenvalue weighted by molar-refractivity contribution is -0.139. The summed E-state index contributed by atoms with van der Waals surface area (Å²) in [4.78, 5) is 43.5. The Morgan fingerprint density at radius 1 is 1.19 bits per heavy atom. The van der Waals surface area contributed by atoms with Gasteiger partial charge in [0, 0.05) is 18.2 Å². The fourth-order valence-corrected chi connectivity index (χ4v) is 4.87. The highest BCUT2D eigenvalue weighted by Gasteiger charge is 2.38. The summed E-state index contributed by atoms with van der Waals surface area (Å²) >= 11 is 4.40. The molecule has 0 aromatic carbocycles. The van der Waals surface area contributed by atoms with Crippen molar-refractivity contribution in [1.29, 1.82) is 0 Å². The van der Waals surface area contributed by atoms with E-state index in [0.29, 0.717) is 23.6 Å². The van der Waals surface area contributed by atoms with E-state index in [9.17, 15) is 24.6 Å². The van der Waals surface area contributed by atoms with Crippen LogP contribution in [0.4, 0.5) is 5.82 Å². The van der Waals surface area contributed by atoms with E-state index in [1.165, 1.54) is 4.57 Å². The summed E-state index contributed by atoms with van der Waals surface area (Å²) in [6, 6.07) is -2.23. The number of carbonyl (C=O) groups is 2. The molecule has 0 saturated heterocycles. The number of aromatic nitrogens is 4. The molecular weight excluding hydrogens is 562 g/mol. The number of aryl methyl sites for hydroxylation is 1. The molecule has 2 heterocycles. The molecule has 0 spiro atoms. The van der Waals surface area contributed by atoms with Gasteiger partial charge in [-0.25, -0.2) is 9.61 Å². The maximum atomic E-state index is 13.7. The summed E-state index contributed by atoms with van der Waals surface area (Å²) in [7, 11) is 1.82. The number of unbranched alkanes of at least 4 members (excludes halogenated alkanes) is 3. The molecule has 0 fully saturated rings. The Morgan fingerprint density at radius 2 is 1.88 bits per heavy atom. The second kappa shape index (κ2) is 15.5. The number of nitrogens with one attached hydrogen (secondary N) is 2. The van der Waals surface area contributed by atoms with E-state index in [-0.39, 0.29) is 25.3 Å². The van der Waals surface area contributed by atoms with Gasteiger partial charge in [-0.05, 0) is 33.4 Å². The smallest absolute Gasteiger partial charge is 0.305 e. The molecule has 42 heavy (non-hydrogen) atoms. The van der Waals surface area contributed by atoms with Crippen molar-refractivity contribution in [3.05, 3.63) is 33.6 Å². The first-order chi connectivity index (χ1) is 19.6. The van der Waals surface area contributed by atoms with Gasteiger partial charge in [0.05, 0.1) is 24.7 Å². The quantitative estimate of drug-likeness (QED) is 0.101. The second-order valence-electron chi connectivity index (χ2n) is 11.8. The Balaban J connectivity index is 2.36. The van der Waals surface area contributed by atoms with Crippen LogP contribution in [-0.4, -0.2) is 78.0 Å². The lowest BCUT2D eigenvalue weighted by Crippen LogP contribution is -2.56. The Morgan fingerprint density at radius 3 is 2.43 bits per heavy atom. The van der Waals surface area contributed by atoms with Gasteiger partial charge in [-0.1, -0.05) is 64.2 Å². The summed E-state index contributed by atoms with van der Waals surface area (Å²) < 4.78 is 6.03. The lowest BCUT2D eigenvalue weighted by Gasteiger charge is -2.36. The third-order valence-electron chi connectivity index (χ3n) is 7.04. The number of anilines is 1. The predicted molar refractivity (Wildman–Crippen MR) is 163 cm³/mol. The summed E-state index contributed by atoms with van der Waals surface area (Å²) in [6.07, 6.45) is 5.38. The SMILES string of the molecule is CCCCCCN(C)C[C@](O)(S)[C@H](CC(=O)O)NC(=O)[C@H](CC)n1cc(C(C)(C)C)nc(NCc2nonc2C)c1=O. The van der Waals surface area contributed by atoms with E-state index in [1.807, 2.05) is 32.7 Å². The fourth-order valence-electron chi connectivity index (χ4n) is 4.47. The number of likely N-dealkylation sites (N-methyl/N-ethyl adjacent to an activating group) is 1. The number of aliphatic hydroxyl groups is 1. The molecule has 3 atom stereocenters. The van der Waals surface area contributed by atoms with Gasteiger partial charge in [0.1, 0.15) is 22.4 Å². The van der Waals surface area contributed by atoms with E-state index >= 15 is 0 Å². The first kappa shape index (κ1) is 35.2. The Bertz CT molecular complexity index is 1240. The van der Waals surface area contributed by atoms with Crippen LogP contribution < -0.4 is 16.2 Å². The Hall–Kier alpha value is -2.97. The standard InChI is InChI=1S/C28H47N7O6S/c1-8-10-11-12-13-34(7)17-28(40,42)21(14-23(36)37)31-25(38)20(9-2)35-16-22(27(4,5)6)30-24(26(35)39)29-15-19-18(3)32-41-33-19/h16,20-21,40,42H,8-15,17H2,1-7H3,(H,29,30)(H,31,38)(H,36,37)/t20-,21-,28-/m0/s1. The highest BCUT2D eigenvalue weighted by molar-refractivity contribution is 7.81. The molecule has 0 aliphatic carbocycles. The van der Waals surface area contributed by atoms with Crippen LogP contribution in [0.25, 0.3) is 0 Å². The lowest BCUT2D eigenvalue weighted by atomic mass is 9.92. The largest absolute Gasteiger partial charge is 0.481 e. The van der Waals surface area contributed by atoms with Gasteiger partial charge < -0.3 is 25.7 Å². The Labute approximate surface area is 252 Å². The molecule has 0 aliphatic heterocycles. The van der Waals surface area contributed by atoms with Gasteiger partial charge in [-0.3, -0.25) is 19.0 Å². The van der Waals surface area contributed by atoms with Crippen molar-refractivity contribution >= 4 is 30.3 Å². The number of aliphatic carboxylic acids is 1. The van der Waals surface area contributed by atoms with Crippen molar-refractivity contribution in [2.75, 3.05) is 25.5 Å². The number of carbonyl (C=O) groups excluding carboxylic acids is 1. The molecule has 14 heteroatoms. The summed E-state index contributed by atoms with van der Waals surface area (Å²) in [6.45, 7) is 12.2. The topological polar surface area (TPSA) is 176 Å². The molecule has 4 N–H and O–H groups in total. The van der Waals surface area contributed by atoms with Crippen molar-refractivity contribution < 1.29 is 24.4 Å². The van der Waals surface area contributed by atoms with E-state index < -0.39 is 46.3 Å². The van der Waals surface area contributed by atoms with Gasteiger partial charge in [0.25, 0.3) is 5.56 Å². The van der Waals surface area contributed by atoms with E-state index in [0.717, 1.165) is 25.7 Å². The number of thiol groups is 1. The number of carboxylic acids is 1. The molecule has 2 aromatic heterocycles. The number of amides is 1. The van der Waals surface area contributed by atoms with Crippen LogP contribution in [-0.2, 0) is 21.5 Å². The number of nitrogens with zero attached hydrogens (tertiary/aromatic N) is 5. The summed E-state index contributed by atoms with van der Waals surface area (Å²) in [5, 5.41) is 34.1. The molecular formula is C28H47N7O6S. The second-order valence-corrected chi connectivity index (χ2v) is 12.6. The predicted octanol–water partition coefficient (Wildman–Crippen LogP) is 2.89. The molecule has 0 unspecified atom stereocenters.